The van der Waals surface area contributed by atoms with Gasteiger partial charge in [0.25, 0.3) is 0 Å². The summed E-state index contributed by atoms with van der Waals surface area (Å²) in [6, 6.07) is 2.89. The molecule has 0 amide bonds. The van der Waals surface area contributed by atoms with Gasteiger partial charge in [0.2, 0.25) is 11.9 Å². The van der Waals surface area contributed by atoms with Crippen LogP contribution in [0.15, 0.2) is 12.1 Å². The summed E-state index contributed by atoms with van der Waals surface area (Å²) in [5, 5.41) is 0. The van der Waals surface area contributed by atoms with Crippen molar-refractivity contribution in [2.45, 2.75) is 77.0 Å². The van der Waals surface area contributed by atoms with Crippen molar-refractivity contribution in [3.63, 3.8) is 0 Å². The highest BCUT2D eigenvalue weighted by Gasteiger charge is 2.31. The van der Waals surface area contributed by atoms with Gasteiger partial charge in [0.1, 0.15) is 0 Å². The molecule has 1 aromatic heterocycles. The highest BCUT2D eigenvalue weighted by atomic mass is 19.1. The second kappa shape index (κ2) is 7.72. The normalized spacial score (nSPS) is 32.0. The second-order valence-corrected chi connectivity index (χ2v) is 7.70. The number of pyridine rings is 1. The molecule has 0 bridgehead atoms. The minimum atomic E-state index is -0.719. The Labute approximate surface area is 138 Å². The molecule has 2 fully saturated rings. The maximum atomic E-state index is 13.9. The van der Waals surface area contributed by atoms with E-state index in [1.807, 2.05) is 0 Å². The standard InChI is InChI=1S/C20H29F2N/c1-2-3-14-4-6-15(7-5-14)16-8-10-17(11-9-16)18-12-13-19(21)23-20(18)22/h12-17H,2-11H2,1H3. The lowest BCUT2D eigenvalue weighted by Crippen LogP contribution is -2.25. The van der Waals surface area contributed by atoms with Crippen molar-refractivity contribution < 1.29 is 8.78 Å². The van der Waals surface area contributed by atoms with E-state index in [0.717, 1.165) is 30.6 Å². The van der Waals surface area contributed by atoms with E-state index in [4.69, 9.17) is 0 Å². The van der Waals surface area contributed by atoms with Crippen molar-refractivity contribution >= 4 is 0 Å². The molecule has 0 spiro atoms. The van der Waals surface area contributed by atoms with Gasteiger partial charge in [0.05, 0.1) is 0 Å². The summed E-state index contributed by atoms with van der Waals surface area (Å²) >= 11 is 0. The van der Waals surface area contributed by atoms with Gasteiger partial charge in [0, 0.05) is 5.56 Å². The van der Waals surface area contributed by atoms with E-state index in [0.29, 0.717) is 5.56 Å². The van der Waals surface area contributed by atoms with Crippen LogP contribution in [0, 0.1) is 29.6 Å². The van der Waals surface area contributed by atoms with E-state index in [2.05, 4.69) is 11.9 Å². The van der Waals surface area contributed by atoms with E-state index < -0.39 is 11.9 Å². The van der Waals surface area contributed by atoms with Gasteiger partial charge in [-0.05, 0) is 74.3 Å². The van der Waals surface area contributed by atoms with Crippen molar-refractivity contribution in [3.8, 4) is 0 Å². The Morgan fingerprint density at radius 2 is 1.52 bits per heavy atom. The van der Waals surface area contributed by atoms with E-state index in [9.17, 15) is 8.78 Å². The van der Waals surface area contributed by atoms with Crippen LogP contribution in [-0.4, -0.2) is 4.98 Å². The minimum absolute atomic E-state index is 0.232. The zero-order chi connectivity index (χ0) is 16.2. The fraction of sp³-hybridized carbons (Fsp3) is 0.750. The molecule has 2 aliphatic carbocycles. The monoisotopic (exact) mass is 321 g/mol. The van der Waals surface area contributed by atoms with Crippen molar-refractivity contribution in [1.29, 1.82) is 0 Å². The molecule has 2 aliphatic rings. The van der Waals surface area contributed by atoms with Crippen LogP contribution in [0.25, 0.3) is 0 Å². The molecule has 0 unspecified atom stereocenters. The van der Waals surface area contributed by atoms with Gasteiger partial charge in [0.15, 0.2) is 0 Å². The first-order valence-electron chi connectivity index (χ1n) is 9.49. The molecule has 3 heteroatoms. The van der Waals surface area contributed by atoms with Crippen LogP contribution in [0.2, 0.25) is 0 Å². The molecule has 1 heterocycles. The van der Waals surface area contributed by atoms with Gasteiger partial charge >= 0.3 is 0 Å². The molecule has 0 aromatic carbocycles. The summed E-state index contributed by atoms with van der Waals surface area (Å²) in [5.41, 5.74) is 0.622. The second-order valence-electron chi connectivity index (χ2n) is 7.70. The fourth-order valence-electron chi connectivity index (χ4n) is 4.99. The summed E-state index contributed by atoms with van der Waals surface area (Å²) in [4.78, 5) is 3.35. The highest BCUT2D eigenvalue weighted by molar-refractivity contribution is 5.17. The molecule has 1 nitrogen and oxygen atoms in total. The average Bonchev–Trinajstić information content (AvgIpc) is 2.56. The van der Waals surface area contributed by atoms with E-state index in [-0.39, 0.29) is 5.92 Å². The summed E-state index contributed by atoms with van der Waals surface area (Å²) in [7, 11) is 0. The van der Waals surface area contributed by atoms with Gasteiger partial charge in [-0.1, -0.05) is 32.6 Å². The third kappa shape index (κ3) is 4.10. The summed E-state index contributed by atoms with van der Waals surface area (Å²) in [6.07, 6.45) is 12.8. The molecule has 1 aromatic rings. The lowest BCUT2D eigenvalue weighted by molar-refractivity contribution is 0.156. The van der Waals surface area contributed by atoms with E-state index >= 15 is 0 Å². The van der Waals surface area contributed by atoms with E-state index in [1.54, 1.807) is 6.07 Å². The summed E-state index contributed by atoms with van der Waals surface area (Å²) in [6.45, 7) is 2.29. The fourth-order valence-corrected chi connectivity index (χ4v) is 4.99. The van der Waals surface area contributed by atoms with Crippen LogP contribution < -0.4 is 0 Å². The molecule has 3 rings (SSSR count). The molecular weight excluding hydrogens is 292 g/mol. The maximum Gasteiger partial charge on any atom is 0.218 e. The zero-order valence-corrected chi connectivity index (χ0v) is 14.2. The zero-order valence-electron chi connectivity index (χ0n) is 14.2. The third-order valence-corrected chi connectivity index (χ3v) is 6.31. The van der Waals surface area contributed by atoms with Crippen LogP contribution in [0.5, 0.6) is 0 Å². The first kappa shape index (κ1) is 16.9. The molecule has 23 heavy (non-hydrogen) atoms. The molecule has 0 saturated heterocycles. The topological polar surface area (TPSA) is 12.9 Å². The number of hydrogen-bond acceptors (Lipinski definition) is 1. The average molecular weight is 321 g/mol. The molecular formula is C20H29F2N. The Bertz CT molecular complexity index is 500. The van der Waals surface area contributed by atoms with Crippen LogP contribution in [0.3, 0.4) is 0 Å². The van der Waals surface area contributed by atoms with Crippen LogP contribution >= 0.6 is 0 Å². The van der Waals surface area contributed by atoms with Gasteiger partial charge < -0.3 is 0 Å². The number of halogens is 2. The van der Waals surface area contributed by atoms with E-state index in [1.165, 1.54) is 57.4 Å². The lowest BCUT2D eigenvalue weighted by atomic mass is 9.68. The van der Waals surface area contributed by atoms with Gasteiger partial charge in [-0.25, -0.2) is 0 Å². The molecule has 0 N–H and O–H groups in total. The number of aromatic nitrogens is 1. The van der Waals surface area contributed by atoms with Crippen LogP contribution in [0.4, 0.5) is 8.78 Å². The first-order chi connectivity index (χ1) is 11.2. The predicted octanol–water partition coefficient (Wildman–Crippen LogP) is 6.24. The molecule has 0 radical (unpaired) electrons. The number of hydrogen-bond donors (Lipinski definition) is 0. The van der Waals surface area contributed by atoms with Crippen LogP contribution in [0.1, 0.15) is 82.6 Å². The Balaban J connectivity index is 1.51. The number of nitrogens with zero attached hydrogens (tertiary/aromatic N) is 1. The van der Waals surface area contributed by atoms with Crippen LogP contribution in [-0.2, 0) is 0 Å². The van der Waals surface area contributed by atoms with Crippen molar-refractivity contribution in [1.82, 2.24) is 4.98 Å². The summed E-state index contributed by atoms with van der Waals surface area (Å²) < 4.78 is 26.8. The smallest absolute Gasteiger partial charge is 0.190 e. The van der Waals surface area contributed by atoms with Crippen molar-refractivity contribution in [2.75, 3.05) is 0 Å². The molecule has 0 atom stereocenters. The Morgan fingerprint density at radius 3 is 2.09 bits per heavy atom. The quantitative estimate of drug-likeness (QED) is 0.598. The third-order valence-electron chi connectivity index (χ3n) is 6.31. The Morgan fingerprint density at radius 1 is 0.913 bits per heavy atom. The summed E-state index contributed by atoms with van der Waals surface area (Å²) in [5.74, 6) is 1.59. The lowest BCUT2D eigenvalue weighted by Gasteiger charge is -2.38. The molecule has 0 aliphatic heterocycles. The van der Waals surface area contributed by atoms with Crippen molar-refractivity contribution in [3.05, 3.63) is 29.6 Å². The Hall–Kier alpha value is -0.990. The maximum absolute atomic E-state index is 13.9. The number of rotatable bonds is 4. The highest BCUT2D eigenvalue weighted by Crippen LogP contribution is 2.44. The minimum Gasteiger partial charge on any atom is -0.190 e. The first-order valence-corrected chi connectivity index (χ1v) is 9.49. The molecule has 2 saturated carbocycles. The van der Waals surface area contributed by atoms with Gasteiger partial charge in [-0.2, -0.15) is 13.8 Å². The van der Waals surface area contributed by atoms with Gasteiger partial charge in [-0.15, -0.1) is 0 Å². The molecule has 128 valence electrons. The van der Waals surface area contributed by atoms with Gasteiger partial charge in [-0.3, -0.25) is 0 Å². The van der Waals surface area contributed by atoms with Crippen molar-refractivity contribution in [2.24, 2.45) is 17.8 Å². The largest absolute Gasteiger partial charge is 0.218 e. The predicted molar refractivity (Wildman–Crippen MR) is 89.2 cm³/mol. The Kier molecular flexibility index (Phi) is 5.66. The SMILES string of the molecule is CCCC1CCC(C2CCC(c3ccc(F)nc3F)CC2)CC1.